The molecule has 4 rings (SSSR count). The second-order valence-corrected chi connectivity index (χ2v) is 15.2. The largest absolute Gasteiger partial charge is 0.573 e. The molecule has 2 unspecified atom stereocenters. The number of hydrogen-bond acceptors (Lipinski definition) is 6. The fourth-order valence-electron chi connectivity index (χ4n) is 5.15. The van der Waals surface area contributed by atoms with Gasteiger partial charge in [0.25, 0.3) is 0 Å². The lowest BCUT2D eigenvalue weighted by molar-refractivity contribution is -0.274. The summed E-state index contributed by atoms with van der Waals surface area (Å²) in [6.07, 6.45) is -10.8. The highest BCUT2D eigenvalue weighted by molar-refractivity contribution is 7.71. The van der Waals surface area contributed by atoms with E-state index >= 15 is 0 Å². The first-order valence-corrected chi connectivity index (χ1v) is 16.9. The number of nitrogens with one attached hydrogen (secondary N) is 2. The Morgan fingerprint density at radius 1 is 1.09 bits per heavy atom. The van der Waals surface area contributed by atoms with Gasteiger partial charge in [-0.05, 0) is 48.7 Å². The van der Waals surface area contributed by atoms with Gasteiger partial charge in [0.1, 0.15) is 13.3 Å². The van der Waals surface area contributed by atoms with Crippen LogP contribution in [0, 0.1) is 11.8 Å². The molecule has 1 fully saturated rings. The maximum atomic E-state index is 14.7. The normalized spacial score (nSPS) is 18.1. The van der Waals surface area contributed by atoms with Gasteiger partial charge in [-0.25, -0.2) is 4.39 Å². The molecule has 0 saturated carbocycles. The minimum atomic E-state index is -5.01. The number of nitrogens with zero attached hydrogens (tertiary/aromatic N) is 1. The molecule has 2 aromatic carbocycles. The van der Waals surface area contributed by atoms with Gasteiger partial charge >= 0.3 is 12.5 Å². The van der Waals surface area contributed by atoms with Crippen LogP contribution in [0.2, 0.25) is 0 Å². The third-order valence-corrected chi connectivity index (χ3v) is 12.0. The molecule has 44 heavy (non-hydrogen) atoms. The number of ether oxygens (including phenoxy) is 1. The van der Waals surface area contributed by atoms with Gasteiger partial charge in [-0.2, -0.15) is 13.2 Å². The molecule has 1 saturated heterocycles. The van der Waals surface area contributed by atoms with Crippen molar-refractivity contribution in [3.8, 4) is 17.6 Å². The van der Waals surface area contributed by atoms with Crippen molar-refractivity contribution in [2.75, 3.05) is 49.6 Å². The summed E-state index contributed by atoms with van der Waals surface area (Å²) in [7, 11) is -1.08. The zero-order chi connectivity index (χ0) is 32.3. The molecule has 0 aliphatic carbocycles. The molecule has 1 aliphatic rings. The van der Waals surface area contributed by atoms with Crippen LogP contribution < -0.4 is 20.7 Å². The van der Waals surface area contributed by atoms with Crippen LogP contribution in [-0.2, 0) is 11.0 Å². The first kappa shape index (κ1) is 33.9. The van der Waals surface area contributed by atoms with Crippen LogP contribution in [0.5, 0.6) is 5.75 Å². The molecule has 2 N–H and O–H groups in total. The lowest BCUT2D eigenvalue weighted by Gasteiger charge is -2.33. The first-order valence-electron chi connectivity index (χ1n) is 14.0. The lowest BCUT2D eigenvalue weighted by atomic mass is 10.0. The number of halogens is 7. The molecular formula is C30H33F7N3O2PS. The van der Waals surface area contributed by atoms with E-state index in [1.54, 1.807) is 32.0 Å². The predicted octanol–water partition coefficient (Wildman–Crippen LogP) is 7.85. The Morgan fingerprint density at radius 2 is 1.82 bits per heavy atom. The minimum Gasteiger partial charge on any atom is -0.404 e. The molecule has 2 atom stereocenters. The molecule has 0 amide bonds. The van der Waals surface area contributed by atoms with Crippen LogP contribution in [0.3, 0.4) is 0 Å². The van der Waals surface area contributed by atoms with Gasteiger partial charge in [0.05, 0.1) is 40.0 Å². The van der Waals surface area contributed by atoms with Gasteiger partial charge in [-0.3, -0.25) is 0 Å². The van der Waals surface area contributed by atoms with E-state index in [0.29, 0.717) is 28.7 Å². The zero-order valence-electron chi connectivity index (χ0n) is 24.3. The van der Waals surface area contributed by atoms with E-state index in [2.05, 4.69) is 27.2 Å². The number of thiophene rings is 1. The Morgan fingerprint density at radius 3 is 2.45 bits per heavy atom. The van der Waals surface area contributed by atoms with E-state index in [1.165, 1.54) is 12.1 Å². The highest BCUT2D eigenvalue weighted by atomic mass is 32.1. The van der Waals surface area contributed by atoms with E-state index in [4.69, 9.17) is 0 Å². The van der Waals surface area contributed by atoms with Crippen molar-refractivity contribution in [3.63, 3.8) is 0 Å². The summed E-state index contributed by atoms with van der Waals surface area (Å²) in [4.78, 5) is 2.03. The van der Waals surface area contributed by atoms with Gasteiger partial charge < -0.3 is 24.8 Å². The van der Waals surface area contributed by atoms with Crippen molar-refractivity contribution in [1.29, 1.82) is 0 Å². The molecule has 14 heteroatoms. The van der Waals surface area contributed by atoms with Crippen LogP contribution in [0.25, 0.3) is 10.1 Å². The SMILES string of the molecule is CCP(=O)(CC)c1ccc(NCC#Cc2sc3c(NC4CCN(C)CC4F)cccc3c2CC(F)(F)F)c(OC(F)(F)F)c1. The van der Waals surface area contributed by atoms with Crippen LogP contribution in [-0.4, -0.2) is 68.7 Å². The number of piperidine rings is 1. The molecule has 1 aliphatic heterocycles. The molecule has 0 spiro atoms. The number of likely N-dealkylation sites (tertiary alicyclic amines) is 1. The van der Waals surface area contributed by atoms with Crippen molar-refractivity contribution < 1.29 is 40.0 Å². The van der Waals surface area contributed by atoms with Gasteiger partial charge in [0.15, 0.2) is 5.75 Å². The fraction of sp³-hybridized carbons (Fsp3) is 0.467. The highest BCUT2D eigenvalue weighted by Gasteiger charge is 2.34. The predicted molar refractivity (Wildman–Crippen MR) is 163 cm³/mol. The summed E-state index contributed by atoms with van der Waals surface area (Å²) in [5.74, 6) is 4.89. The second kappa shape index (κ2) is 13.6. The Kier molecular flexibility index (Phi) is 10.5. The van der Waals surface area contributed by atoms with Crippen LogP contribution in [0.4, 0.5) is 42.1 Å². The number of rotatable bonds is 9. The maximum Gasteiger partial charge on any atom is 0.573 e. The smallest absolute Gasteiger partial charge is 0.404 e. The van der Waals surface area contributed by atoms with E-state index in [-0.39, 0.29) is 46.8 Å². The molecule has 5 nitrogen and oxygen atoms in total. The Hall–Kier alpha value is -2.94. The molecular weight excluding hydrogens is 630 g/mol. The monoisotopic (exact) mass is 663 g/mol. The van der Waals surface area contributed by atoms with E-state index < -0.39 is 44.1 Å². The van der Waals surface area contributed by atoms with Crippen molar-refractivity contribution in [2.24, 2.45) is 0 Å². The summed E-state index contributed by atoms with van der Waals surface area (Å²) in [5.41, 5.74) is 0.440. The number of anilines is 2. The van der Waals surface area contributed by atoms with Crippen molar-refractivity contribution in [3.05, 3.63) is 46.8 Å². The topological polar surface area (TPSA) is 53.6 Å². The maximum absolute atomic E-state index is 14.7. The lowest BCUT2D eigenvalue weighted by Crippen LogP contribution is -2.46. The van der Waals surface area contributed by atoms with Gasteiger partial charge in [-0.1, -0.05) is 37.8 Å². The third kappa shape index (κ3) is 8.40. The standard InChI is InChI=1S/C30H33F7N3O2PS/c1-4-43(41,5-2)19-11-12-24(26(16-19)42-30(35,36)37)38-14-7-10-27-21(17-29(32,33)34)20-8-6-9-25(28(20)44-27)39-23-13-15-40(3)18-22(23)31/h6,8-9,11-12,16,22-23,38-39H,4-5,13-15,17-18H2,1-3H3. The van der Waals surface area contributed by atoms with Crippen LogP contribution in [0.1, 0.15) is 30.7 Å². The average Bonchev–Trinajstić information content (AvgIpc) is 3.28. The van der Waals surface area contributed by atoms with Gasteiger partial charge in [0, 0.05) is 30.7 Å². The quantitative estimate of drug-likeness (QED) is 0.139. The summed E-state index contributed by atoms with van der Waals surface area (Å²) >= 11 is 1.05. The molecule has 3 aromatic rings. The molecule has 0 bridgehead atoms. The van der Waals surface area contributed by atoms with Crippen molar-refractivity contribution in [1.82, 2.24) is 4.90 Å². The second-order valence-electron chi connectivity index (χ2n) is 10.6. The third-order valence-electron chi connectivity index (χ3n) is 7.53. The highest BCUT2D eigenvalue weighted by Crippen LogP contribution is 2.45. The summed E-state index contributed by atoms with van der Waals surface area (Å²) in [5, 5.41) is 6.51. The average molecular weight is 664 g/mol. The molecule has 240 valence electrons. The van der Waals surface area contributed by atoms with Crippen molar-refractivity contribution >= 4 is 45.2 Å². The first-order chi connectivity index (χ1) is 20.6. The van der Waals surface area contributed by atoms with Crippen LogP contribution in [0.15, 0.2) is 36.4 Å². The minimum absolute atomic E-state index is 0.0193. The fourth-order valence-corrected chi connectivity index (χ4v) is 8.20. The number of alkyl halides is 7. The molecule has 1 aromatic heterocycles. The summed E-state index contributed by atoms with van der Waals surface area (Å²) in [6.45, 7) is 4.11. The number of hydrogen-bond donors (Lipinski definition) is 2. The van der Waals surface area contributed by atoms with Gasteiger partial charge in [0.2, 0.25) is 0 Å². The molecule has 0 radical (unpaired) electrons. The van der Waals surface area contributed by atoms with E-state index in [9.17, 15) is 35.3 Å². The van der Waals surface area contributed by atoms with Crippen LogP contribution >= 0.6 is 18.5 Å². The Labute approximate surface area is 255 Å². The van der Waals surface area contributed by atoms with E-state index in [1.807, 2.05) is 11.9 Å². The summed E-state index contributed by atoms with van der Waals surface area (Å²) < 4.78 is 113. The summed E-state index contributed by atoms with van der Waals surface area (Å²) in [6, 6.07) is 8.28. The Bertz CT molecular complexity index is 1570. The molecule has 2 heterocycles. The van der Waals surface area contributed by atoms with E-state index in [0.717, 1.165) is 17.4 Å². The Balaban J connectivity index is 1.63. The van der Waals surface area contributed by atoms with Crippen molar-refractivity contribution in [2.45, 2.75) is 51.4 Å². The number of fused-ring (bicyclic) bond motifs is 1. The number of benzene rings is 2. The van der Waals surface area contributed by atoms with Gasteiger partial charge in [-0.15, -0.1) is 24.5 Å². The zero-order valence-corrected chi connectivity index (χ0v) is 26.0.